The van der Waals surface area contributed by atoms with Crippen LogP contribution in [0.1, 0.15) is 17.3 Å². The van der Waals surface area contributed by atoms with E-state index in [-0.39, 0.29) is 11.9 Å². The van der Waals surface area contributed by atoms with Crippen molar-refractivity contribution in [1.29, 1.82) is 0 Å². The van der Waals surface area contributed by atoms with Gasteiger partial charge in [0.15, 0.2) is 5.76 Å². The van der Waals surface area contributed by atoms with E-state index < -0.39 is 0 Å². The van der Waals surface area contributed by atoms with E-state index in [1.165, 1.54) is 0 Å². The zero-order chi connectivity index (χ0) is 17.6. The maximum atomic E-state index is 12.6. The average molecular weight is 336 g/mol. The lowest BCUT2D eigenvalue weighted by atomic mass is 10.1. The predicted molar refractivity (Wildman–Crippen MR) is 96.2 cm³/mol. The molecule has 0 fully saturated rings. The maximum Gasteiger partial charge on any atom is 0.252 e. The fourth-order valence-corrected chi connectivity index (χ4v) is 2.60. The Balaban J connectivity index is 1.89. The molecule has 0 aliphatic heterocycles. The van der Waals surface area contributed by atoms with E-state index >= 15 is 0 Å². The van der Waals surface area contributed by atoms with Gasteiger partial charge in [0.1, 0.15) is 0 Å². The van der Waals surface area contributed by atoms with Crippen molar-refractivity contribution in [2.45, 2.75) is 13.0 Å². The number of benzene rings is 2. The van der Waals surface area contributed by atoms with Crippen molar-refractivity contribution in [3.63, 3.8) is 0 Å². The summed E-state index contributed by atoms with van der Waals surface area (Å²) >= 11 is 0. The number of carbonyl (C=O) groups excluding carboxylic acids is 1. The molecule has 0 spiro atoms. The predicted octanol–water partition coefficient (Wildman–Crippen LogP) is 3.77. The van der Waals surface area contributed by atoms with E-state index in [0.29, 0.717) is 29.4 Å². The fourth-order valence-electron chi connectivity index (χ4n) is 2.60. The van der Waals surface area contributed by atoms with Crippen LogP contribution in [0.2, 0.25) is 0 Å². The average Bonchev–Trinajstić information content (AvgIpc) is 3.12. The van der Waals surface area contributed by atoms with Gasteiger partial charge in [0.05, 0.1) is 18.4 Å². The van der Waals surface area contributed by atoms with Crippen LogP contribution in [0.15, 0.2) is 65.2 Å². The largest absolute Gasteiger partial charge is 0.436 e. The van der Waals surface area contributed by atoms with Gasteiger partial charge in [-0.05, 0) is 19.1 Å². The van der Waals surface area contributed by atoms with Crippen LogP contribution in [0.25, 0.3) is 22.8 Å². The molecule has 3 rings (SSSR count). The standard InChI is InChI=1S/C20H20N2O3/c1-14(13-24-2)22-19(23)16-10-6-7-11-17(16)20-21-12-18(25-20)15-8-4-3-5-9-15/h3-12,14H,13H2,1-2H3,(H,22,23). The van der Waals surface area contributed by atoms with E-state index in [2.05, 4.69) is 10.3 Å². The highest BCUT2D eigenvalue weighted by molar-refractivity contribution is 6.00. The van der Waals surface area contributed by atoms with Gasteiger partial charge in [-0.15, -0.1) is 0 Å². The van der Waals surface area contributed by atoms with Crippen molar-refractivity contribution in [2.75, 3.05) is 13.7 Å². The Labute approximate surface area is 146 Å². The number of carbonyl (C=O) groups is 1. The summed E-state index contributed by atoms with van der Waals surface area (Å²) in [5.74, 6) is 0.905. The molecule has 0 saturated carbocycles. The number of oxazole rings is 1. The lowest BCUT2D eigenvalue weighted by molar-refractivity contribution is 0.0906. The van der Waals surface area contributed by atoms with Gasteiger partial charge in [0.25, 0.3) is 5.91 Å². The highest BCUT2D eigenvalue weighted by Gasteiger charge is 2.18. The van der Waals surface area contributed by atoms with Gasteiger partial charge in [-0.2, -0.15) is 0 Å². The summed E-state index contributed by atoms with van der Waals surface area (Å²) in [6.45, 7) is 2.34. The van der Waals surface area contributed by atoms with Gasteiger partial charge in [-0.3, -0.25) is 4.79 Å². The van der Waals surface area contributed by atoms with Crippen LogP contribution in [0.4, 0.5) is 0 Å². The summed E-state index contributed by atoms with van der Waals surface area (Å²) in [6, 6.07) is 16.9. The molecule has 128 valence electrons. The summed E-state index contributed by atoms with van der Waals surface area (Å²) in [5.41, 5.74) is 2.12. The highest BCUT2D eigenvalue weighted by Crippen LogP contribution is 2.28. The number of nitrogens with zero attached hydrogens (tertiary/aromatic N) is 1. The minimum atomic E-state index is -0.181. The Morgan fingerprint density at radius 1 is 1.16 bits per heavy atom. The molecule has 1 amide bonds. The van der Waals surface area contributed by atoms with E-state index in [9.17, 15) is 4.79 Å². The minimum absolute atomic E-state index is 0.0880. The van der Waals surface area contributed by atoms with Crippen LogP contribution >= 0.6 is 0 Å². The smallest absolute Gasteiger partial charge is 0.252 e. The van der Waals surface area contributed by atoms with Gasteiger partial charge in [0, 0.05) is 24.3 Å². The number of amides is 1. The quantitative estimate of drug-likeness (QED) is 0.744. The first-order chi connectivity index (χ1) is 12.2. The Hall–Kier alpha value is -2.92. The molecule has 3 aromatic rings. The van der Waals surface area contributed by atoms with Crippen molar-refractivity contribution in [2.24, 2.45) is 0 Å². The zero-order valence-corrected chi connectivity index (χ0v) is 14.2. The number of aromatic nitrogens is 1. The van der Waals surface area contributed by atoms with Crippen LogP contribution in [0, 0.1) is 0 Å². The van der Waals surface area contributed by atoms with Gasteiger partial charge in [0.2, 0.25) is 5.89 Å². The molecule has 1 atom stereocenters. The third-order valence-corrected chi connectivity index (χ3v) is 3.76. The number of methoxy groups -OCH3 is 1. The van der Waals surface area contributed by atoms with Crippen molar-refractivity contribution in [3.8, 4) is 22.8 Å². The molecular formula is C20H20N2O3. The Kier molecular flexibility index (Phi) is 5.26. The second-order valence-corrected chi connectivity index (χ2v) is 5.77. The van der Waals surface area contributed by atoms with Gasteiger partial charge in [-0.25, -0.2) is 4.98 Å². The van der Waals surface area contributed by atoms with Gasteiger partial charge >= 0.3 is 0 Å². The molecule has 0 aliphatic carbocycles. The Morgan fingerprint density at radius 2 is 1.88 bits per heavy atom. The van der Waals surface area contributed by atoms with E-state index in [0.717, 1.165) is 5.56 Å². The first-order valence-electron chi connectivity index (χ1n) is 8.09. The van der Waals surface area contributed by atoms with Crippen LogP contribution < -0.4 is 5.32 Å². The highest BCUT2D eigenvalue weighted by atomic mass is 16.5. The lowest BCUT2D eigenvalue weighted by Gasteiger charge is -2.14. The molecule has 1 N–H and O–H groups in total. The van der Waals surface area contributed by atoms with E-state index in [4.69, 9.17) is 9.15 Å². The van der Waals surface area contributed by atoms with E-state index in [1.807, 2.05) is 55.5 Å². The number of ether oxygens (including phenoxy) is 1. The summed E-state index contributed by atoms with van der Waals surface area (Å²) < 4.78 is 10.9. The second kappa shape index (κ2) is 7.77. The molecule has 1 heterocycles. The molecule has 5 heteroatoms. The van der Waals surface area contributed by atoms with Crippen LogP contribution in [-0.2, 0) is 4.74 Å². The van der Waals surface area contributed by atoms with Crippen molar-refractivity contribution >= 4 is 5.91 Å². The molecule has 1 unspecified atom stereocenters. The van der Waals surface area contributed by atoms with Crippen molar-refractivity contribution in [3.05, 3.63) is 66.4 Å². The number of rotatable bonds is 6. The molecular weight excluding hydrogens is 316 g/mol. The lowest BCUT2D eigenvalue weighted by Crippen LogP contribution is -2.35. The molecule has 2 aromatic carbocycles. The zero-order valence-electron chi connectivity index (χ0n) is 14.2. The molecule has 25 heavy (non-hydrogen) atoms. The third kappa shape index (κ3) is 3.95. The van der Waals surface area contributed by atoms with E-state index in [1.54, 1.807) is 19.4 Å². The normalized spacial score (nSPS) is 11.9. The molecule has 0 saturated heterocycles. The monoisotopic (exact) mass is 336 g/mol. The van der Waals surface area contributed by atoms with Gasteiger partial charge in [-0.1, -0.05) is 42.5 Å². The summed E-state index contributed by atoms with van der Waals surface area (Å²) in [6.07, 6.45) is 1.67. The molecule has 0 radical (unpaired) electrons. The topological polar surface area (TPSA) is 64.4 Å². The van der Waals surface area contributed by atoms with Crippen LogP contribution in [0.3, 0.4) is 0 Å². The van der Waals surface area contributed by atoms with Gasteiger partial charge < -0.3 is 14.5 Å². The van der Waals surface area contributed by atoms with Crippen molar-refractivity contribution < 1.29 is 13.9 Å². The molecule has 5 nitrogen and oxygen atoms in total. The van der Waals surface area contributed by atoms with Crippen LogP contribution in [0.5, 0.6) is 0 Å². The number of hydrogen-bond acceptors (Lipinski definition) is 4. The number of hydrogen-bond donors (Lipinski definition) is 1. The summed E-state index contributed by atoms with van der Waals surface area (Å²) in [7, 11) is 1.61. The molecule has 0 bridgehead atoms. The summed E-state index contributed by atoms with van der Waals surface area (Å²) in [4.78, 5) is 16.9. The van der Waals surface area contributed by atoms with Crippen LogP contribution in [-0.4, -0.2) is 30.6 Å². The fraction of sp³-hybridized carbons (Fsp3) is 0.200. The first-order valence-corrected chi connectivity index (χ1v) is 8.09. The molecule has 1 aromatic heterocycles. The first kappa shape index (κ1) is 16.9. The Morgan fingerprint density at radius 3 is 2.64 bits per heavy atom. The SMILES string of the molecule is COCC(C)NC(=O)c1ccccc1-c1ncc(-c2ccccc2)o1. The second-order valence-electron chi connectivity index (χ2n) is 5.77. The molecule has 0 aliphatic rings. The minimum Gasteiger partial charge on any atom is -0.436 e. The third-order valence-electron chi connectivity index (χ3n) is 3.76. The summed E-state index contributed by atoms with van der Waals surface area (Å²) in [5, 5.41) is 2.91. The maximum absolute atomic E-state index is 12.6. The number of nitrogens with one attached hydrogen (secondary N) is 1. The van der Waals surface area contributed by atoms with Crippen molar-refractivity contribution in [1.82, 2.24) is 10.3 Å². The Bertz CT molecular complexity index is 843.